The standard InChI is InChI=1S/C17H19N3O/c1-11-7-8-15(9-12(11)2)17(21)20-19-13(3)14-5-4-6-16(18)10-14/h4-10H,18H2,1-3H3,(H,20,21)/b19-13+. The van der Waals surface area contributed by atoms with E-state index in [1.165, 1.54) is 0 Å². The predicted octanol–water partition coefficient (Wildman–Crippen LogP) is 3.04. The van der Waals surface area contributed by atoms with Crippen molar-refractivity contribution < 1.29 is 4.79 Å². The summed E-state index contributed by atoms with van der Waals surface area (Å²) in [5.74, 6) is -0.221. The Labute approximate surface area is 124 Å². The Balaban J connectivity index is 2.12. The maximum absolute atomic E-state index is 12.1. The van der Waals surface area contributed by atoms with E-state index < -0.39 is 0 Å². The van der Waals surface area contributed by atoms with Gasteiger partial charge in [-0.05, 0) is 61.7 Å². The highest BCUT2D eigenvalue weighted by molar-refractivity contribution is 6.01. The molecule has 0 heterocycles. The second kappa shape index (κ2) is 6.22. The van der Waals surface area contributed by atoms with Crippen LogP contribution in [0, 0.1) is 13.8 Å². The van der Waals surface area contributed by atoms with Gasteiger partial charge in [0.2, 0.25) is 0 Å². The lowest BCUT2D eigenvalue weighted by Gasteiger charge is -2.05. The molecule has 0 unspecified atom stereocenters. The fraction of sp³-hybridized carbons (Fsp3) is 0.176. The highest BCUT2D eigenvalue weighted by atomic mass is 16.2. The van der Waals surface area contributed by atoms with E-state index in [0.717, 1.165) is 16.7 Å². The molecule has 0 saturated carbocycles. The van der Waals surface area contributed by atoms with E-state index in [2.05, 4.69) is 10.5 Å². The molecule has 4 heteroatoms. The molecule has 2 aromatic carbocycles. The SMILES string of the molecule is C/C(=N\NC(=O)c1ccc(C)c(C)c1)c1cccc(N)c1. The molecule has 108 valence electrons. The third-order valence-electron chi connectivity index (χ3n) is 3.40. The van der Waals surface area contributed by atoms with Crippen molar-refractivity contribution in [3.05, 3.63) is 64.7 Å². The van der Waals surface area contributed by atoms with Crippen LogP contribution in [0.4, 0.5) is 5.69 Å². The third-order valence-corrected chi connectivity index (χ3v) is 3.40. The minimum atomic E-state index is -0.221. The molecule has 0 fully saturated rings. The van der Waals surface area contributed by atoms with Crippen molar-refractivity contribution in [3.8, 4) is 0 Å². The molecule has 0 aliphatic rings. The number of amides is 1. The van der Waals surface area contributed by atoms with Gasteiger partial charge in [0.25, 0.3) is 5.91 Å². The first-order chi connectivity index (χ1) is 9.97. The second-order valence-electron chi connectivity index (χ2n) is 5.06. The van der Waals surface area contributed by atoms with Crippen molar-refractivity contribution >= 4 is 17.3 Å². The summed E-state index contributed by atoms with van der Waals surface area (Å²) in [6.45, 7) is 5.82. The Morgan fingerprint density at radius 2 is 1.81 bits per heavy atom. The maximum atomic E-state index is 12.1. The minimum Gasteiger partial charge on any atom is -0.399 e. The average molecular weight is 281 g/mol. The number of hydrogen-bond donors (Lipinski definition) is 2. The van der Waals surface area contributed by atoms with Gasteiger partial charge in [-0.2, -0.15) is 5.10 Å². The zero-order valence-corrected chi connectivity index (χ0v) is 12.5. The fourth-order valence-electron chi connectivity index (χ4n) is 1.91. The number of aryl methyl sites for hydroxylation is 2. The Hall–Kier alpha value is -2.62. The highest BCUT2D eigenvalue weighted by Crippen LogP contribution is 2.10. The summed E-state index contributed by atoms with van der Waals surface area (Å²) in [7, 11) is 0. The first kappa shape index (κ1) is 14.8. The summed E-state index contributed by atoms with van der Waals surface area (Å²) in [6.07, 6.45) is 0. The molecule has 1 amide bonds. The van der Waals surface area contributed by atoms with Crippen molar-refractivity contribution in [1.29, 1.82) is 0 Å². The van der Waals surface area contributed by atoms with Crippen LogP contribution in [0.2, 0.25) is 0 Å². The van der Waals surface area contributed by atoms with Crippen LogP contribution < -0.4 is 11.2 Å². The summed E-state index contributed by atoms with van der Waals surface area (Å²) in [4.78, 5) is 12.1. The Kier molecular flexibility index (Phi) is 4.38. The Bertz CT molecular complexity index is 705. The van der Waals surface area contributed by atoms with E-state index in [1.807, 2.05) is 57.2 Å². The lowest BCUT2D eigenvalue weighted by atomic mass is 10.1. The van der Waals surface area contributed by atoms with Gasteiger partial charge in [-0.25, -0.2) is 5.43 Å². The summed E-state index contributed by atoms with van der Waals surface area (Å²) in [5.41, 5.74) is 13.4. The first-order valence-electron chi connectivity index (χ1n) is 6.75. The number of hydrazone groups is 1. The molecule has 2 aromatic rings. The Morgan fingerprint density at radius 1 is 1.05 bits per heavy atom. The van der Waals surface area contributed by atoms with Crippen LogP contribution in [0.3, 0.4) is 0 Å². The zero-order valence-electron chi connectivity index (χ0n) is 12.5. The molecule has 4 nitrogen and oxygen atoms in total. The quantitative estimate of drug-likeness (QED) is 0.516. The molecule has 2 rings (SSSR count). The van der Waals surface area contributed by atoms with Crippen molar-refractivity contribution in [2.45, 2.75) is 20.8 Å². The van der Waals surface area contributed by atoms with Crippen LogP contribution in [0.15, 0.2) is 47.6 Å². The van der Waals surface area contributed by atoms with Gasteiger partial charge in [-0.15, -0.1) is 0 Å². The van der Waals surface area contributed by atoms with Crippen molar-refractivity contribution in [2.24, 2.45) is 5.10 Å². The number of carbonyl (C=O) groups is 1. The topological polar surface area (TPSA) is 67.5 Å². The first-order valence-corrected chi connectivity index (χ1v) is 6.75. The number of anilines is 1. The second-order valence-corrected chi connectivity index (χ2v) is 5.06. The van der Waals surface area contributed by atoms with Gasteiger partial charge in [-0.1, -0.05) is 18.2 Å². The third kappa shape index (κ3) is 3.69. The van der Waals surface area contributed by atoms with Crippen molar-refractivity contribution in [1.82, 2.24) is 5.43 Å². The van der Waals surface area contributed by atoms with Crippen LogP contribution in [0.25, 0.3) is 0 Å². The normalized spacial score (nSPS) is 11.3. The van der Waals surface area contributed by atoms with E-state index in [1.54, 1.807) is 6.07 Å². The molecule has 0 saturated heterocycles. The van der Waals surface area contributed by atoms with Gasteiger partial charge in [0.15, 0.2) is 0 Å². The van der Waals surface area contributed by atoms with Crippen LogP contribution in [-0.4, -0.2) is 11.6 Å². The fourth-order valence-corrected chi connectivity index (χ4v) is 1.91. The van der Waals surface area contributed by atoms with E-state index in [4.69, 9.17) is 5.73 Å². The van der Waals surface area contributed by atoms with Crippen LogP contribution in [-0.2, 0) is 0 Å². The smallest absolute Gasteiger partial charge is 0.271 e. The van der Waals surface area contributed by atoms with E-state index >= 15 is 0 Å². The number of hydrogen-bond acceptors (Lipinski definition) is 3. The van der Waals surface area contributed by atoms with Gasteiger partial charge >= 0.3 is 0 Å². The molecule has 0 atom stereocenters. The number of carbonyl (C=O) groups excluding carboxylic acids is 1. The molecule has 0 bridgehead atoms. The van der Waals surface area contributed by atoms with Gasteiger partial charge in [-0.3, -0.25) is 4.79 Å². The molecule has 0 aromatic heterocycles. The molecule has 0 spiro atoms. The van der Waals surface area contributed by atoms with E-state index in [0.29, 0.717) is 17.0 Å². The molecule has 21 heavy (non-hydrogen) atoms. The minimum absolute atomic E-state index is 0.221. The number of nitrogens with zero attached hydrogens (tertiary/aromatic N) is 1. The molecule has 0 aliphatic heterocycles. The highest BCUT2D eigenvalue weighted by Gasteiger charge is 2.06. The van der Waals surface area contributed by atoms with E-state index in [9.17, 15) is 4.79 Å². The summed E-state index contributed by atoms with van der Waals surface area (Å²) in [6, 6.07) is 13.0. The van der Waals surface area contributed by atoms with Crippen LogP contribution in [0.1, 0.15) is 34.0 Å². The number of benzene rings is 2. The van der Waals surface area contributed by atoms with Gasteiger partial charge in [0.1, 0.15) is 0 Å². The maximum Gasteiger partial charge on any atom is 0.271 e. The van der Waals surface area contributed by atoms with Gasteiger partial charge < -0.3 is 5.73 Å². The molecule has 0 aliphatic carbocycles. The van der Waals surface area contributed by atoms with Crippen LogP contribution in [0.5, 0.6) is 0 Å². The molecule has 3 N–H and O–H groups in total. The van der Waals surface area contributed by atoms with Gasteiger partial charge in [0, 0.05) is 11.3 Å². The van der Waals surface area contributed by atoms with Gasteiger partial charge in [0.05, 0.1) is 5.71 Å². The van der Waals surface area contributed by atoms with E-state index in [-0.39, 0.29) is 5.91 Å². The molecular formula is C17H19N3O. The summed E-state index contributed by atoms with van der Waals surface area (Å²) < 4.78 is 0. The lowest BCUT2D eigenvalue weighted by molar-refractivity contribution is 0.0954. The molecule has 0 radical (unpaired) electrons. The van der Waals surface area contributed by atoms with Crippen molar-refractivity contribution in [3.63, 3.8) is 0 Å². The lowest BCUT2D eigenvalue weighted by Crippen LogP contribution is -2.19. The largest absolute Gasteiger partial charge is 0.399 e. The molecular weight excluding hydrogens is 262 g/mol. The zero-order chi connectivity index (χ0) is 15.4. The number of rotatable bonds is 3. The average Bonchev–Trinajstić information content (AvgIpc) is 2.47. The number of nitrogens with one attached hydrogen (secondary N) is 1. The predicted molar refractivity (Wildman–Crippen MR) is 86.4 cm³/mol. The van der Waals surface area contributed by atoms with Crippen LogP contribution >= 0.6 is 0 Å². The summed E-state index contributed by atoms with van der Waals surface area (Å²) >= 11 is 0. The van der Waals surface area contributed by atoms with Crippen molar-refractivity contribution in [2.75, 3.05) is 5.73 Å². The monoisotopic (exact) mass is 281 g/mol. The number of nitrogens with two attached hydrogens (primary N) is 1. The Morgan fingerprint density at radius 3 is 2.48 bits per heavy atom. The number of nitrogen functional groups attached to an aromatic ring is 1. The summed E-state index contributed by atoms with van der Waals surface area (Å²) in [5, 5.41) is 4.13.